The lowest BCUT2D eigenvalue weighted by Gasteiger charge is -2.17. The van der Waals surface area contributed by atoms with E-state index in [4.69, 9.17) is 21.6 Å². The van der Waals surface area contributed by atoms with Gasteiger partial charge in [0.05, 0.1) is 23.4 Å². The van der Waals surface area contributed by atoms with Crippen LogP contribution in [0.3, 0.4) is 0 Å². The molecule has 0 atom stereocenters. The third-order valence-corrected chi connectivity index (χ3v) is 6.19. The van der Waals surface area contributed by atoms with Crippen LogP contribution in [0.5, 0.6) is 0 Å². The van der Waals surface area contributed by atoms with Gasteiger partial charge in [-0.3, -0.25) is 4.40 Å². The van der Waals surface area contributed by atoms with Crippen molar-refractivity contribution in [1.29, 1.82) is 0 Å². The number of pyridine rings is 1. The van der Waals surface area contributed by atoms with E-state index < -0.39 is 0 Å². The van der Waals surface area contributed by atoms with E-state index in [2.05, 4.69) is 38.9 Å². The predicted octanol–water partition coefficient (Wildman–Crippen LogP) is 5.63. The third-order valence-electron chi connectivity index (χ3n) is 5.02. The molecule has 0 saturated heterocycles. The molecule has 0 spiro atoms. The molecule has 6 nitrogen and oxygen atoms in total. The van der Waals surface area contributed by atoms with Gasteiger partial charge >= 0.3 is 0 Å². The fourth-order valence-electron chi connectivity index (χ4n) is 3.49. The van der Waals surface area contributed by atoms with E-state index in [9.17, 15) is 0 Å². The summed E-state index contributed by atoms with van der Waals surface area (Å²) in [4.78, 5) is 16.0. The van der Waals surface area contributed by atoms with E-state index in [0.717, 1.165) is 50.7 Å². The number of nitrogens with zero attached hydrogens (tertiary/aromatic N) is 6. The van der Waals surface area contributed by atoms with Crippen LogP contribution in [0.1, 0.15) is 12.6 Å². The molecule has 0 aliphatic heterocycles. The van der Waals surface area contributed by atoms with Crippen LogP contribution in [-0.2, 0) is 6.42 Å². The van der Waals surface area contributed by atoms with Crippen molar-refractivity contribution in [3.63, 3.8) is 0 Å². The van der Waals surface area contributed by atoms with Crippen molar-refractivity contribution < 1.29 is 0 Å². The van der Waals surface area contributed by atoms with Gasteiger partial charge in [0.15, 0.2) is 5.13 Å². The fourth-order valence-corrected chi connectivity index (χ4v) is 4.42. The molecule has 4 aromatic heterocycles. The maximum atomic E-state index is 6.02. The number of aromatic nitrogens is 5. The molecular formula is C22H19ClN6S. The molecule has 30 heavy (non-hydrogen) atoms. The number of aryl methyl sites for hydroxylation is 1. The van der Waals surface area contributed by atoms with Crippen molar-refractivity contribution in [2.75, 3.05) is 11.9 Å². The highest BCUT2D eigenvalue weighted by molar-refractivity contribution is 7.14. The number of rotatable bonds is 5. The lowest BCUT2D eigenvalue weighted by molar-refractivity contribution is 0.993. The summed E-state index contributed by atoms with van der Waals surface area (Å²) < 4.78 is 4.11. The third kappa shape index (κ3) is 3.26. The first-order valence-corrected chi connectivity index (χ1v) is 10.8. The maximum Gasteiger partial charge on any atom is 0.191 e. The molecule has 0 N–H and O–H groups in total. The van der Waals surface area contributed by atoms with E-state index in [1.54, 1.807) is 23.9 Å². The van der Waals surface area contributed by atoms with Gasteiger partial charge in [-0.1, -0.05) is 30.7 Å². The number of imidazole rings is 2. The van der Waals surface area contributed by atoms with Crippen LogP contribution in [0.4, 0.5) is 10.9 Å². The molecule has 0 unspecified atom stereocenters. The first kappa shape index (κ1) is 18.8. The van der Waals surface area contributed by atoms with Gasteiger partial charge in [-0.05, 0) is 30.7 Å². The van der Waals surface area contributed by atoms with Crippen LogP contribution in [-0.4, -0.2) is 31.0 Å². The Morgan fingerprint density at radius 1 is 1.10 bits per heavy atom. The number of anilines is 2. The molecular weight excluding hydrogens is 416 g/mol. The van der Waals surface area contributed by atoms with Gasteiger partial charge in [0, 0.05) is 41.6 Å². The molecule has 0 aliphatic carbocycles. The van der Waals surface area contributed by atoms with E-state index in [1.165, 1.54) is 0 Å². The van der Waals surface area contributed by atoms with Crippen LogP contribution in [0.15, 0.2) is 66.7 Å². The number of fused-ring (bicyclic) bond motifs is 1. The van der Waals surface area contributed by atoms with E-state index in [-0.39, 0.29) is 0 Å². The van der Waals surface area contributed by atoms with Crippen LogP contribution < -0.4 is 4.90 Å². The molecule has 5 rings (SSSR count). The first-order valence-electron chi connectivity index (χ1n) is 9.58. The Bertz CT molecular complexity index is 1300. The predicted molar refractivity (Wildman–Crippen MR) is 122 cm³/mol. The van der Waals surface area contributed by atoms with Gasteiger partial charge in [-0.15, -0.1) is 11.3 Å². The Morgan fingerprint density at radius 3 is 2.67 bits per heavy atom. The Balaban J connectivity index is 1.58. The van der Waals surface area contributed by atoms with Crippen molar-refractivity contribution in [3.8, 4) is 16.9 Å². The molecule has 8 heteroatoms. The zero-order valence-electron chi connectivity index (χ0n) is 16.5. The van der Waals surface area contributed by atoms with Crippen LogP contribution in [0, 0.1) is 0 Å². The standard InChI is InChI=1S/C22H19ClN6S/c1-3-18-21(29-12-17(8-9-20(29)25-18)28-11-10-24-14-28)27(2)22-26-19(13-30-22)15-4-6-16(23)7-5-15/h4-14H,3H2,1-2H3. The summed E-state index contributed by atoms with van der Waals surface area (Å²) in [7, 11) is 2.04. The highest BCUT2D eigenvalue weighted by Gasteiger charge is 2.19. The molecule has 5 aromatic rings. The topological polar surface area (TPSA) is 51.3 Å². The molecule has 4 heterocycles. The van der Waals surface area contributed by atoms with Crippen molar-refractivity contribution >= 4 is 39.5 Å². The van der Waals surface area contributed by atoms with Gasteiger partial charge in [-0.25, -0.2) is 15.0 Å². The zero-order chi connectivity index (χ0) is 20.7. The van der Waals surface area contributed by atoms with Crippen molar-refractivity contribution in [1.82, 2.24) is 23.9 Å². The molecule has 0 aliphatic rings. The van der Waals surface area contributed by atoms with Crippen LogP contribution >= 0.6 is 22.9 Å². The maximum absolute atomic E-state index is 6.02. The Labute approximate surface area is 183 Å². The first-order chi connectivity index (χ1) is 14.6. The number of benzene rings is 1. The van der Waals surface area contributed by atoms with Crippen LogP contribution in [0.25, 0.3) is 22.6 Å². The summed E-state index contributed by atoms with van der Waals surface area (Å²) in [5.74, 6) is 1.02. The number of hydrogen-bond acceptors (Lipinski definition) is 5. The highest BCUT2D eigenvalue weighted by atomic mass is 35.5. The minimum atomic E-state index is 0.721. The Hall–Kier alpha value is -3.16. The van der Waals surface area contributed by atoms with Gasteiger partial charge in [-0.2, -0.15) is 0 Å². The molecule has 0 amide bonds. The average molecular weight is 435 g/mol. The van der Waals surface area contributed by atoms with E-state index in [0.29, 0.717) is 0 Å². The lowest BCUT2D eigenvalue weighted by Crippen LogP contribution is -2.13. The zero-order valence-corrected chi connectivity index (χ0v) is 18.1. The molecule has 0 saturated carbocycles. The molecule has 0 bridgehead atoms. The van der Waals surface area contributed by atoms with Gasteiger partial charge in [0.25, 0.3) is 0 Å². The van der Waals surface area contributed by atoms with Crippen LogP contribution in [0.2, 0.25) is 5.02 Å². The highest BCUT2D eigenvalue weighted by Crippen LogP contribution is 2.34. The quantitative estimate of drug-likeness (QED) is 0.360. The van der Waals surface area contributed by atoms with Crippen molar-refractivity contribution in [3.05, 3.63) is 77.4 Å². The van der Waals surface area contributed by atoms with Gasteiger partial charge in [0.1, 0.15) is 11.5 Å². The van der Waals surface area contributed by atoms with E-state index >= 15 is 0 Å². The number of halogens is 1. The normalized spacial score (nSPS) is 11.3. The summed E-state index contributed by atoms with van der Waals surface area (Å²) >= 11 is 7.63. The smallest absolute Gasteiger partial charge is 0.191 e. The second kappa shape index (κ2) is 7.59. The summed E-state index contributed by atoms with van der Waals surface area (Å²) in [5.41, 5.74) is 4.95. The van der Waals surface area contributed by atoms with Gasteiger partial charge < -0.3 is 9.47 Å². The molecule has 0 radical (unpaired) electrons. The van der Waals surface area contributed by atoms with E-state index in [1.807, 2.05) is 48.1 Å². The minimum absolute atomic E-state index is 0.721. The molecule has 150 valence electrons. The lowest BCUT2D eigenvalue weighted by atomic mass is 10.2. The fraction of sp³-hybridized carbons (Fsp3) is 0.136. The SMILES string of the molecule is CCc1nc2ccc(-n3ccnc3)cn2c1N(C)c1nc(-c2ccc(Cl)cc2)cs1. The molecule has 0 fully saturated rings. The largest absolute Gasteiger partial charge is 0.305 e. The Kier molecular flexibility index (Phi) is 4.77. The van der Waals surface area contributed by atoms with Gasteiger partial charge in [0.2, 0.25) is 0 Å². The summed E-state index contributed by atoms with van der Waals surface area (Å²) in [5, 5.41) is 3.70. The summed E-state index contributed by atoms with van der Waals surface area (Å²) in [6.45, 7) is 2.12. The number of hydrogen-bond donors (Lipinski definition) is 0. The minimum Gasteiger partial charge on any atom is -0.305 e. The second-order valence-corrected chi connectivity index (χ2v) is 8.18. The van der Waals surface area contributed by atoms with Crippen molar-refractivity contribution in [2.24, 2.45) is 0 Å². The summed E-state index contributed by atoms with van der Waals surface area (Å²) in [6, 6.07) is 11.8. The average Bonchev–Trinajstić information content (AvgIpc) is 3.52. The Morgan fingerprint density at radius 2 is 1.93 bits per heavy atom. The van der Waals surface area contributed by atoms with Crippen molar-refractivity contribution in [2.45, 2.75) is 13.3 Å². The summed E-state index contributed by atoms with van der Waals surface area (Å²) in [6.07, 6.45) is 8.42. The number of thiazole rings is 1. The monoisotopic (exact) mass is 434 g/mol. The molecule has 1 aromatic carbocycles. The second-order valence-electron chi connectivity index (χ2n) is 6.90.